The summed E-state index contributed by atoms with van der Waals surface area (Å²) >= 11 is 1.59. The molecule has 0 spiro atoms. The van der Waals surface area contributed by atoms with E-state index in [1.54, 1.807) is 18.0 Å². The van der Waals surface area contributed by atoms with Crippen molar-refractivity contribution in [1.29, 1.82) is 0 Å². The van der Waals surface area contributed by atoms with Crippen molar-refractivity contribution in [2.75, 3.05) is 5.75 Å². The minimum atomic E-state index is -0.0841. The SMILES string of the molecule is CC(C)NC(=O)c1ccc([C@@H]2SCC(=O)N2Cc2ccco2)cc1. The van der Waals surface area contributed by atoms with E-state index in [1.165, 1.54) is 0 Å². The fourth-order valence-electron chi connectivity index (χ4n) is 2.62. The number of nitrogens with zero attached hydrogens (tertiary/aromatic N) is 1. The van der Waals surface area contributed by atoms with Crippen LogP contribution >= 0.6 is 11.8 Å². The quantitative estimate of drug-likeness (QED) is 0.905. The molecule has 0 aliphatic carbocycles. The van der Waals surface area contributed by atoms with Gasteiger partial charge >= 0.3 is 0 Å². The molecule has 126 valence electrons. The van der Waals surface area contributed by atoms with Gasteiger partial charge in [0.05, 0.1) is 18.6 Å². The second-order valence-electron chi connectivity index (χ2n) is 6.01. The van der Waals surface area contributed by atoms with Crippen LogP contribution in [0.15, 0.2) is 47.1 Å². The van der Waals surface area contributed by atoms with E-state index in [9.17, 15) is 9.59 Å². The number of furan rings is 1. The average Bonchev–Trinajstić information content (AvgIpc) is 3.18. The van der Waals surface area contributed by atoms with Crippen molar-refractivity contribution in [3.63, 3.8) is 0 Å². The molecule has 2 amide bonds. The molecule has 3 rings (SSSR count). The van der Waals surface area contributed by atoms with Gasteiger partial charge in [0, 0.05) is 11.6 Å². The number of benzene rings is 1. The van der Waals surface area contributed by atoms with Gasteiger partial charge in [-0.1, -0.05) is 12.1 Å². The van der Waals surface area contributed by atoms with Crippen LogP contribution in [0, 0.1) is 0 Å². The smallest absolute Gasteiger partial charge is 0.251 e. The summed E-state index contributed by atoms with van der Waals surface area (Å²) in [4.78, 5) is 26.0. The second-order valence-corrected chi connectivity index (χ2v) is 7.08. The molecule has 5 nitrogen and oxygen atoms in total. The number of thioether (sulfide) groups is 1. The van der Waals surface area contributed by atoms with E-state index in [-0.39, 0.29) is 23.2 Å². The first-order valence-corrected chi connectivity index (χ1v) is 8.94. The van der Waals surface area contributed by atoms with Crippen LogP contribution in [0.2, 0.25) is 0 Å². The number of hydrogen-bond donors (Lipinski definition) is 1. The van der Waals surface area contributed by atoms with Crippen molar-refractivity contribution >= 4 is 23.6 Å². The first kappa shape index (κ1) is 16.6. The van der Waals surface area contributed by atoms with Crippen LogP contribution in [0.5, 0.6) is 0 Å². The topological polar surface area (TPSA) is 62.6 Å². The molecule has 2 heterocycles. The Hall–Kier alpha value is -2.21. The lowest BCUT2D eigenvalue weighted by Crippen LogP contribution is -2.30. The normalized spacial score (nSPS) is 17.5. The summed E-state index contributed by atoms with van der Waals surface area (Å²) in [6.45, 7) is 4.32. The second kappa shape index (κ2) is 7.13. The predicted molar refractivity (Wildman–Crippen MR) is 93.5 cm³/mol. The van der Waals surface area contributed by atoms with Crippen LogP contribution in [0.25, 0.3) is 0 Å². The monoisotopic (exact) mass is 344 g/mol. The van der Waals surface area contributed by atoms with Crippen molar-refractivity contribution in [3.05, 3.63) is 59.5 Å². The molecule has 0 radical (unpaired) electrons. The van der Waals surface area contributed by atoms with Gasteiger partial charge in [-0.3, -0.25) is 9.59 Å². The average molecular weight is 344 g/mol. The lowest BCUT2D eigenvalue weighted by molar-refractivity contribution is -0.128. The molecule has 0 bridgehead atoms. The van der Waals surface area contributed by atoms with Crippen molar-refractivity contribution in [2.24, 2.45) is 0 Å². The molecule has 1 aromatic heterocycles. The minimum absolute atomic E-state index is 0.0511. The van der Waals surface area contributed by atoms with E-state index in [4.69, 9.17) is 4.42 Å². The van der Waals surface area contributed by atoms with E-state index >= 15 is 0 Å². The van der Waals surface area contributed by atoms with Gasteiger partial charge in [0.25, 0.3) is 5.91 Å². The fourth-order valence-corrected chi connectivity index (χ4v) is 3.80. The highest BCUT2D eigenvalue weighted by Crippen LogP contribution is 2.39. The Morgan fingerprint density at radius 3 is 2.71 bits per heavy atom. The largest absolute Gasteiger partial charge is 0.467 e. The standard InChI is InChI=1S/C18H20N2O3S/c1-12(2)19-17(22)13-5-7-14(8-6-13)18-20(16(21)11-24-18)10-15-4-3-9-23-15/h3-9,12,18H,10-11H2,1-2H3,(H,19,22)/t18-/m0/s1. The molecular formula is C18H20N2O3S. The van der Waals surface area contributed by atoms with Crippen LogP contribution in [0.1, 0.15) is 40.9 Å². The Morgan fingerprint density at radius 1 is 1.33 bits per heavy atom. The summed E-state index contributed by atoms with van der Waals surface area (Å²) in [5.41, 5.74) is 1.64. The molecule has 1 saturated heterocycles. The number of carbonyl (C=O) groups is 2. The summed E-state index contributed by atoms with van der Waals surface area (Å²) < 4.78 is 5.36. The van der Waals surface area contributed by atoms with Gasteiger partial charge in [-0.25, -0.2) is 0 Å². The zero-order valence-electron chi connectivity index (χ0n) is 13.7. The lowest BCUT2D eigenvalue weighted by Gasteiger charge is -2.23. The van der Waals surface area contributed by atoms with Crippen LogP contribution in [-0.4, -0.2) is 28.5 Å². The molecule has 1 N–H and O–H groups in total. The zero-order valence-corrected chi connectivity index (χ0v) is 14.5. The van der Waals surface area contributed by atoms with Gasteiger partial charge in [-0.15, -0.1) is 11.8 Å². The summed E-state index contributed by atoms with van der Waals surface area (Å²) in [7, 11) is 0. The number of rotatable bonds is 5. The predicted octanol–water partition coefficient (Wildman–Crippen LogP) is 3.19. The Morgan fingerprint density at radius 2 is 2.08 bits per heavy atom. The lowest BCUT2D eigenvalue weighted by atomic mass is 10.1. The molecule has 0 unspecified atom stereocenters. The number of hydrogen-bond acceptors (Lipinski definition) is 4. The summed E-state index contributed by atoms with van der Waals surface area (Å²) in [5.74, 6) is 1.24. The maximum Gasteiger partial charge on any atom is 0.251 e. The van der Waals surface area contributed by atoms with Gasteiger partial charge < -0.3 is 14.6 Å². The van der Waals surface area contributed by atoms with E-state index in [1.807, 2.05) is 55.1 Å². The van der Waals surface area contributed by atoms with E-state index in [0.29, 0.717) is 17.9 Å². The van der Waals surface area contributed by atoms with Crippen molar-refractivity contribution in [3.8, 4) is 0 Å². The van der Waals surface area contributed by atoms with E-state index in [2.05, 4.69) is 5.32 Å². The summed E-state index contributed by atoms with van der Waals surface area (Å²) in [6, 6.07) is 11.2. The van der Waals surface area contributed by atoms with Crippen LogP contribution in [0.4, 0.5) is 0 Å². The third-order valence-corrected chi connectivity index (χ3v) is 5.01. The van der Waals surface area contributed by atoms with Crippen LogP contribution in [-0.2, 0) is 11.3 Å². The first-order valence-electron chi connectivity index (χ1n) is 7.89. The molecule has 1 fully saturated rings. The van der Waals surface area contributed by atoms with Gasteiger partial charge in [-0.2, -0.15) is 0 Å². The molecule has 1 aliphatic rings. The van der Waals surface area contributed by atoms with Crippen LogP contribution < -0.4 is 5.32 Å². The van der Waals surface area contributed by atoms with Gasteiger partial charge in [0.15, 0.2) is 0 Å². The van der Waals surface area contributed by atoms with Crippen molar-refractivity contribution in [2.45, 2.75) is 31.8 Å². The molecule has 6 heteroatoms. The Kier molecular flexibility index (Phi) is 4.94. The van der Waals surface area contributed by atoms with Crippen LogP contribution in [0.3, 0.4) is 0 Å². The molecule has 0 saturated carbocycles. The van der Waals surface area contributed by atoms with E-state index < -0.39 is 0 Å². The highest BCUT2D eigenvalue weighted by atomic mass is 32.2. The van der Waals surface area contributed by atoms with Gasteiger partial charge in [0.2, 0.25) is 5.91 Å². The first-order chi connectivity index (χ1) is 11.5. The molecular weight excluding hydrogens is 324 g/mol. The number of carbonyl (C=O) groups excluding carboxylic acids is 2. The van der Waals surface area contributed by atoms with E-state index in [0.717, 1.165) is 11.3 Å². The number of amides is 2. The Labute approximate surface area is 145 Å². The molecule has 1 aromatic carbocycles. The minimum Gasteiger partial charge on any atom is -0.467 e. The maximum absolute atomic E-state index is 12.2. The summed E-state index contributed by atoms with van der Waals surface area (Å²) in [6.07, 6.45) is 1.61. The summed E-state index contributed by atoms with van der Waals surface area (Å²) in [5, 5.41) is 2.82. The molecule has 1 atom stereocenters. The number of nitrogens with one attached hydrogen (secondary N) is 1. The van der Waals surface area contributed by atoms with Gasteiger partial charge in [0.1, 0.15) is 11.1 Å². The Balaban J connectivity index is 1.75. The van der Waals surface area contributed by atoms with Crippen molar-refractivity contribution < 1.29 is 14.0 Å². The van der Waals surface area contributed by atoms with Crippen molar-refractivity contribution in [1.82, 2.24) is 10.2 Å². The molecule has 2 aromatic rings. The van der Waals surface area contributed by atoms with Gasteiger partial charge in [-0.05, 0) is 43.7 Å². The highest BCUT2D eigenvalue weighted by molar-refractivity contribution is 8.00. The zero-order chi connectivity index (χ0) is 17.1. The fraction of sp³-hybridized carbons (Fsp3) is 0.333. The molecule has 1 aliphatic heterocycles. The highest BCUT2D eigenvalue weighted by Gasteiger charge is 2.33. The Bertz CT molecular complexity index is 710. The molecule has 24 heavy (non-hydrogen) atoms. The third-order valence-electron chi connectivity index (χ3n) is 3.75. The third kappa shape index (κ3) is 3.64. The maximum atomic E-state index is 12.2.